The highest BCUT2D eigenvalue weighted by molar-refractivity contribution is 5.57. The summed E-state index contributed by atoms with van der Waals surface area (Å²) >= 11 is 0. The molecule has 1 aliphatic heterocycles. The third-order valence-corrected chi connectivity index (χ3v) is 5.59. The molecular weight excluding hydrogens is 409 g/mol. The number of nitrogen functional groups attached to an aromatic ring is 1. The van der Waals surface area contributed by atoms with Crippen LogP contribution in [0, 0.1) is 12.7 Å². The van der Waals surface area contributed by atoms with Gasteiger partial charge in [0.1, 0.15) is 35.6 Å². The van der Waals surface area contributed by atoms with Gasteiger partial charge in [0.05, 0.1) is 12.3 Å². The summed E-state index contributed by atoms with van der Waals surface area (Å²) in [6.07, 6.45) is 1.11. The maximum Gasteiger partial charge on any atom is 0.222 e. The molecule has 0 amide bonds. The van der Waals surface area contributed by atoms with Gasteiger partial charge in [0.25, 0.3) is 0 Å². The van der Waals surface area contributed by atoms with Crippen molar-refractivity contribution in [2.24, 2.45) is 0 Å². The molecule has 3 N–H and O–H groups in total. The van der Waals surface area contributed by atoms with Gasteiger partial charge in [-0.3, -0.25) is 0 Å². The zero-order chi connectivity index (χ0) is 22.2. The highest BCUT2D eigenvalue weighted by atomic mass is 19.1. The first kappa shape index (κ1) is 20.1. The standard InChI is InChI=1S/C23H22FN7O/c1-13-27-12-31(30-13)18-9-8-15(10-17(18)24)16-11-32-21(14-6-4-3-5-7-14)20-19(16)22(26-2)29-23(25)28-20/h3-10,12,16,21H,11H2,1-2H3,(H3,25,26,28,29). The van der Waals surface area contributed by atoms with Crippen LogP contribution < -0.4 is 11.1 Å². The van der Waals surface area contributed by atoms with Crippen LogP contribution in [0.5, 0.6) is 0 Å². The van der Waals surface area contributed by atoms with Gasteiger partial charge in [-0.1, -0.05) is 36.4 Å². The van der Waals surface area contributed by atoms with Crippen LogP contribution in [0.15, 0.2) is 54.9 Å². The van der Waals surface area contributed by atoms with Gasteiger partial charge in [-0.25, -0.2) is 19.0 Å². The predicted molar refractivity (Wildman–Crippen MR) is 118 cm³/mol. The van der Waals surface area contributed by atoms with Gasteiger partial charge in [-0.15, -0.1) is 0 Å². The molecule has 2 aromatic heterocycles. The molecule has 2 aromatic carbocycles. The van der Waals surface area contributed by atoms with Crippen molar-refractivity contribution >= 4 is 11.8 Å². The highest BCUT2D eigenvalue weighted by Gasteiger charge is 2.35. The van der Waals surface area contributed by atoms with Crippen LogP contribution in [0.4, 0.5) is 16.2 Å². The number of anilines is 2. The Bertz CT molecular complexity index is 1270. The third-order valence-electron chi connectivity index (χ3n) is 5.59. The minimum absolute atomic E-state index is 0.154. The Balaban J connectivity index is 1.61. The first-order valence-corrected chi connectivity index (χ1v) is 10.2. The lowest BCUT2D eigenvalue weighted by Crippen LogP contribution is -2.26. The van der Waals surface area contributed by atoms with Crippen molar-refractivity contribution in [2.75, 3.05) is 24.7 Å². The van der Waals surface area contributed by atoms with Gasteiger partial charge in [0.15, 0.2) is 0 Å². The smallest absolute Gasteiger partial charge is 0.222 e. The number of halogens is 1. The predicted octanol–water partition coefficient (Wildman–Crippen LogP) is 3.38. The zero-order valence-corrected chi connectivity index (χ0v) is 17.7. The van der Waals surface area contributed by atoms with E-state index in [4.69, 9.17) is 10.5 Å². The van der Waals surface area contributed by atoms with Crippen molar-refractivity contribution in [1.82, 2.24) is 24.7 Å². The van der Waals surface area contributed by atoms with Crippen LogP contribution in [-0.4, -0.2) is 38.4 Å². The van der Waals surface area contributed by atoms with E-state index in [0.29, 0.717) is 29.6 Å². The SMILES string of the molecule is CNc1nc(N)nc2c1C(c1ccc(-n3cnc(C)n3)c(F)c1)COC2c1ccccc1. The number of rotatable bonds is 4. The highest BCUT2D eigenvalue weighted by Crippen LogP contribution is 2.43. The Hall–Kier alpha value is -3.85. The number of benzene rings is 2. The van der Waals surface area contributed by atoms with Crippen molar-refractivity contribution in [2.45, 2.75) is 18.9 Å². The molecule has 0 aliphatic carbocycles. The van der Waals surface area contributed by atoms with E-state index in [1.807, 2.05) is 36.4 Å². The minimum atomic E-state index is -0.401. The second kappa shape index (κ2) is 8.01. The number of hydrogen-bond donors (Lipinski definition) is 2. The molecule has 5 rings (SSSR count). The normalized spacial score (nSPS) is 17.7. The topological polar surface area (TPSA) is 104 Å². The Kier molecular flexibility index (Phi) is 5.02. The molecule has 0 bridgehead atoms. The molecule has 0 fully saturated rings. The van der Waals surface area contributed by atoms with Crippen LogP contribution in [0.25, 0.3) is 5.69 Å². The van der Waals surface area contributed by atoms with Gasteiger partial charge in [0.2, 0.25) is 5.95 Å². The minimum Gasteiger partial charge on any atom is -0.373 e. The lowest BCUT2D eigenvalue weighted by molar-refractivity contribution is 0.0570. The van der Waals surface area contributed by atoms with Crippen LogP contribution in [-0.2, 0) is 4.74 Å². The second-order valence-electron chi connectivity index (χ2n) is 7.60. The Morgan fingerprint density at radius 1 is 1.12 bits per heavy atom. The molecule has 3 heterocycles. The summed E-state index contributed by atoms with van der Waals surface area (Å²) in [7, 11) is 1.78. The number of fused-ring (bicyclic) bond motifs is 1. The van der Waals surface area contributed by atoms with E-state index in [1.165, 1.54) is 17.1 Å². The van der Waals surface area contributed by atoms with Crippen molar-refractivity contribution in [3.05, 3.63) is 88.9 Å². The van der Waals surface area contributed by atoms with E-state index in [9.17, 15) is 0 Å². The third kappa shape index (κ3) is 3.46. The fourth-order valence-electron chi connectivity index (χ4n) is 4.13. The molecule has 2 unspecified atom stereocenters. The lowest BCUT2D eigenvalue weighted by atomic mass is 9.85. The average molecular weight is 431 g/mol. The Morgan fingerprint density at radius 2 is 1.94 bits per heavy atom. The summed E-state index contributed by atoms with van der Waals surface area (Å²) in [5.41, 5.74) is 9.58. The summed E-state index contributed by atoms with van der Waals surface area (Å²) in [4.78, 5) is 13.0. The number of nitrogens with zero attached hydrogens (tertiary/aromatic N) is 5. The monoisotopic (exact) mass is 431 g/mol. The van der Waals surface area contributed by atoms with E-state index in [2.05, 4.69) is 25.4 Å². The van der Waals surface area contributed by atoms with Crippen molar-refractivity contribution in [3.8, 4) is 5.69 Å². The van der Waals surface area contributed by atoms with E-state index in [0.717, 1.165) is 16.7 Å². The number of aryl methyl sites for hydroxylation is 1. The molecule has 0 radical (unpaired) electrons. The van der Waals surface area contributed by atoms with E-state index in [-0.39, 0.29) is 18.0 Å². The number of hydrogen-bond acceptors (Lipinski definition) is 7. The molecule has 9 heteroatoms. The number of nitrogens with one attached hydrogen (secondary N) is 1. The Morgan fingerprint density at radius 3 is 2.62 bits per heavy atom. The summed E-state index contributed by atoms with van der Waals surface area (Å²) in [6, 6.07) is 14.9. The van der Waals surface area contributed by atoms with Gasteiger partial charge in [-0.05, 0) is 30.2 Å². The molecule has 32 heavy (non-hydrogen) atoms. The Labute approximate surface area is 184 Å². The quantitative estimate of drug-likeness (QED) is 0.510. The van der Waals surface area contributed by atoms with E-state index >= 15 is 4.39 Å². The summed E-state index contributed by atoms with van der Waals surface area (Å²) in [6.45, 7) is 2.10. The van der Waals surface area contributed by atoms with Crippen LogP contribution in [0.3, 0.4) is 0 Å². The van der Waals surface area contributed by atoms with Crippen LogP contribution >= 0.6 is 0 Å². The van der Waals surface area contributed by atoms with Gasteiger partial charge >= 0.3 is 0 Å². The van der Waals surface area contributed by atoms with Gasteiger partial charge in [-0.2, -0.15) is 10.1 Å². The molecule has 0 saturated heterocycles. The fraction of sp³-hybridized carbons (Fsp3) is 0.217. The maximum atomic E-state index is 15.1. The number of nitrogens with two attached hydrogens (primary N) is 1. The molecule has 4 aromatic rings. The maximum absolute atomic E-state index is 15.1. The first-order valence-electron chi connectivity index (χ1n) is 10.2. The fourth-order valence-corrected chi connectivity index (χ4v) is 4.13. The van der Waals surface area contributed by atoms with Crippen molar-refractivity contribution < 1.29 is 9.13 Å². The average Bonchev–Trinajstić information content (AvgIpc) is 3.24. The molecule has 2 atom stereocenters. The van der Waals surface area contributed by atoms with Crippen molar-refractivity contribution in [3.63, 3.8) is 0 Å². The summed E-state index contributed by atoms with van der Waals surface area (Å²) in [5.74, 6) is 0.665. The number of ether oxygens (including phenoxy) is 1. The molecule has 8 nitrogen and oxygen atoms in total. The molecule has 0 saturated carbocycles. The second-order valence-corrected chi connectivity index (χ2v) is 7.60. The molecule has 1 aliphatic rings. The van der Waals surface area contributed by atoms with E-state index < -0.39 is 5.82 Å². The van der Waals surface area contributed by atoms with E-state index in [1.54, 1.807) is 20.0 Å². The summed E-state index contributed by atoms with van der Waals surface area (Å²) in [5, 5.41) is 7.32. The van der Waals surface area contributed by atoms with Crippen molar-refractivity contribution in [1.29, 1.82) is 0 Å². The molecular formula is C23H22FN7O. The van der Waals surface area contributed by atoms with Gasteiger partial charge in [0, 0.05) is 18.5 Å². The molecule has 0 spiro atoms. The van der Waals surface area contributed by atoms with Gasteiger partial charge < -0.3 is 15.8 Å². The first-order chi connectivity index (χ1) is 15.5. The lowest BCUT2D eigenvalue weighted by Gasteiger charge is -2.33. The molecule has 162 valence electrons. The zero-order valence-electron chi connectivity index (χ0n) is 17.7. The van der Waals surface area contributed by atoms with Crippen LogP contribution in [0.2, 0.25) is 0 Å². The van der Waals surface area contributed by atoms with Crippen LogP contribution in [0.1, 0.15) is 40.2 Å². The summed E-state index contributed by atoms with van der Waals surface area (Å²) < 4.78 is 22.7. The number of aromatic nitrogens is 5. The largest absolute Gasteiger partial charge is 0.373 e.